The van der Waals surface area contributed by atoms with Crippen molar-refractivity contribution in [1.82, 2.24) is 19.7 Å². The first kappa shape index (κ1) is 32.8. The fourth-order valence-corrected chi connectivity index (χ4v) is 11.0. The Bertz CT molecular complexity index is 1730. The maximum absolute atomic E-state index is 14.0. The van der Waals surface area contributed by atoms with Gasteiger partial charge in [-0.2, -0.15) is 0 Å². The van der Waals surface area contributed by atoms with Gasteiger partial charge >= 0.3 is 0 Å². The van der Waals surface area contributed by atoms with E-state index in [4.69, 9.17) is 0 Å². The molecule has 2 bridgehead atoms. The van der Waals surface area contributed by atoms with Crippen molar-refractivity contribution in [3.05, 3.63) is 45.8 Å². The summed E-state index contributed by atoms with van der Waals surface area (Å²) in [6.07, 6.45) is 8.02. The quantitative estimate of drug-likeness (QED) is 0.323. The van der Waals surface area contributed by atoms with Crippen LogP contribution in [0.5, 0.6) is 0 Å². The van der Waals surface area contributed by atoms with Gasteiger partial charge < -0.3 is 19.7 Å². The summed E-state index contributed by atoms with van der Waals surface area (Å²) in [5.41, 5.74) is 5.67. The standard InChI is InChI=1S/C37H50N4O4S2/c1-24-19-25(2)21-27(20-24)34-30(11-14-39-12-9-26(10-13-39)22-33(42)40-15-17-47(44,45)18-16-40)31-23-32(46-35(31)38-34)37(3,4)36(43)41-28-5-6-29(41)8-7-28/h19-21,23,26,28-29,38H,5-18,22H2,1-4H3. The highest BCUT2D eigenvalue weighted by Crippen LogP contribution is 2.44. The Balaban J connectivity index is 1.06. The molecule has 4 aliphatic rings. The van der Waals surface area contributed by atoms with Crippen molar-refractivity contribution in [3.8, 4) is 11.3 Å². The summed E-state index contributed by atoms with van der Waals surface area (Å²) in [5, 5.41) is 1.24. The number of aromatic amines is 1. The highest BCUT2D eigenvalue weighted by Gasteiger charge is 2.47. The van der Waals surface area contributed by atoms with E-state index >= 15 is 0 Å². The van der Waals surface area contributed by atoms with Crippen LogP contribution < -0.4 is 0 Å². The number of amides is 2. The number of carbonyl (C=O) groups excluding carboxylic acids is 2. The summed E-state index contributed by atoms with van der Waals surface area (Å²) in [7, 11) is -2.99. The van der Waals surface area contributed by atoms with Crippen LogP contribution in [0, 0.1) is 19.8 Å². The number of thiophene rings is 1. The van der Waals surface area contributed by atoms with Crippen molar-refractivity contribution in [1.29, 1.82) is 0 Å². The van der Waals surface area contributed by atoms with Crippen LogP contribution in [0.3, 0.4) is 0 Å². The average Bonchev–Trinajstić information content (AvgIpc) is 3.80. The van der Waals surface area contributed by atoms with Crippen LogP contribution in [0.4, 0.5) is 0 Å². The molecule has 2 amide bonds. The van der Waals surface area contributed by atoms with Gasteiger partial charge in [-0.15, -0.1) is 11.3 Å². The summed E-state index contributed by atoms with van der Waals surface area (Å²) < 4.78 is 23.6. The van der Waals surface area contributed by atoms with Gasteiger partial charge in [0.25, 0.3) is 0 Å². The van der Waals surface area contributed by atoms with Crippen molar-refractivity contribution in [2.24, 2.45) is 5.92 Å². The first-order valence-corrected chi connectivity index (χ1v) is 20.3. The number of nitrogens with one attached hydrogen (secondary N) is 1. The topological polar surface area (TPSA) is 93.8 Å². The number of H-pyrrole nitrogens is 1. The lowest BCUT2D eigenvalue weighted by Crippen LogP contribution is -2.45. The molecule has 0 radical (unpaired) electrons. The number of rotatable bonds is 8. The first-order chi connectivity index (χ1) is 22.4. The SMILES string of the molecule is Cc1cc(C)cc(-c2[nH]c3sc(C(C)(C)C(=O)N4C5CCC4CC5)cc3c2CCN2CCC(CC(=O)N3CCS(=O)(=O)CC3)CC2)c1. The van der Waals surface area contributed by atoms with Gasteiger partial charge in [-0.3, -0.25) is 9.59 Å². The molecule has 0 spiro atoms. The minimum Gasteiger partial charge on any atom is -0.346 e. The molecule has 0 unspecified atom stereocenters. The molecule has 0 aliphatic carbocycles. The Kier molecular flexibility index (Phi) is 8.83. The maximum atomic E-state index is 14.0. The molecular formula is C37H50N4O4S2. The van der Waals surface area contributed by atoms with E-state index in [2.05, 4.69) is 66.7 Å². The van der Waals surface area contributed by atoms with Crippen LogP contribution in [0.1, 0.15) is 80.4 Å². The minimum atomic E-state index is -2.99. The van der Waals surface area contributed by atoms with Crippen molar-refractivity contribution >= 4 is 43.2 Å². The largest absolute Gasteiger partial charge is 0.346 e. The Morgan fingerprint density at radius 3 is 2.13 bits per heavy atom. The maximum Gasteiger partial charge on any atom is 0.233 e. The van der Waals surface area contributed by atoms with Crippen LogP contribution in [-0.2, 0) is 31.3 Å². The lowest BCUT2D eigenvalue weighted by Gasteiger charge is -2.33. The number of hydrogen-bond donors (Lipinski definition) is 1. The molecule has 8 nitrogen and oxygen atoms in total. The van der Waals surface area contributed by atoms with Crippen molar-refractivity contribution in [2.75, 3.05) is 44.2 Å². The van der Waals surface area contributed by atoms with E-state index in [1.807, 2.05) is 0 Å². The Morgan fingerprint density at radius 1 is 0.894 bits per heavy atom. The second kappa shape index (κ2) is 12.6. The molecule has 4 fully saturated rings. The lowest BCUT2D eigenvalue weighted by atomic mass is 9.88. The molecular weight excluding hydrogens is 629 g/mol. The number of hydrogen-bond acceptors (Lipinski definition) is 6. The fourth-order valence-electron chi connectivity index (χ4n) is 8.66. The van der Waals surface area contributed by atoms with Crippen LogP contribution in [0.2, 0.25) is 0 Å². The summed E-state index contributed by atoms with van der Waals surface area (Å²) >= 11 is 1.75. The highest BCUT2D eigenvalue weighted by molar-refractivity contribution is 7.91. The Labute approximate surface area is 283 Å². The van der Waals surface area contributed by atoms with Crippen molar-refractivity contribution in [3.63, 3.8) is 0 Å². The summed E-state index contributed by atoms with van der Waals surface area (Å²) in [6.45, 7) is 12.1. The number of aryl methyl sites for hydroxylation is 2. The monoisotopic (exact) mass is 678 g/mol. The smallest absolute Gasteiger partial charge is 0.233 e. The molecule has 0 atom stereocenters. The Hall–Kier alpha value is -2.69. The number of benzene rings is 1. The van der Waals surface area contributed by atoms with Gasteiger partial charge in [0.2, 0.25) is 11.8 Å². The summed E-state index contributed by atoms with van der Waals surface area (Å²) in [5.74, 6) is 0.929. The first-order valence-electron chi connectivity index (χ1n) is 17.6. The van der Waals surface area contributed by atoms with Crippen LogP contribution in [-0.4, -0.2) is 96.2 Å². The molecule has 3 aromatic rings. The normalized spacial score (nSPS) is 23.7. The summed E-state index contributed by atoms with van der Waals surface area (Å²) in [6, 6.07) is 9.91. The van der Waals surface area contributed by atoms with E-state index in [0.29, 0.717) is 37.5 Å². The number of sulfone groups is 1. The molecule has 0 saturated carbocycles. The van der Waals surface area contributed by atoms with E-state index in [9.17, 15) is 18.0 Å². The lowest BCUT2D eigenvalue weighted by molar-refractivity contribution is -0.137. The number of piperidine rings is 1. The number of nitrogens with zero attached hydrogens (tertiary/aromatic N) is 3. The molecule has 6 heterocycles. The van der Waals surface area contributed by atoms with Gasteiger partial charge in [0, 0.05) is 48.4 Å². The van der Waals surface area contributed by atoms with E-state index < -0.39 is 15.3 Å². The fraction of sp³-hybridized carbons (Fsp3) is 0.622. The van der Waals surface area contributed by atoms with Crippen LogP contribution >= 0.6 is 11.3 Å². The van der Waals surface area contributed by atoms with Gasteiger partial charge in [-0.25, -0.2) is 8.42 Å². The van der Waals surface area contributed by atoms with E-state index in [1.165, 1.54) is 33.3 Å². The highest BCUT2D eigenvalue weighted by atomic mass is 32.2. The van der Waals surface area contributed by atoms with Crippen LogP contribution in [0.25, 0.3) is 21.5 Å². The second-order valence-electron chi connectivity index (χ2n) is 15.3. The molecule has 7 rings (SSSR count). The molecule has 4 saturated heterocycles. The van der Waals surface area contributed by atoms with E-state index in [-0.39, 0.29) is 23.3 Å². The number of fused-ring (bicyclic) bond motifs is 3. The zero-order valence-corrected chi connectivity index (χ0v) is 30.1. The zero-order chi connectivity index (χ0) is 33.1. The van der Waals surface area contributed by atoms with Gasteiger partial charge in [-0.1, -0.05) is 17.2 Å². The third-order valence-electron chi connectivity index (χ3n) is 11.5. The van der Waals surface area contributed by atoms with E-state index in [0.717, 1.165) is 74.3 Å². The molecule has 1 N–H and O–H groups in total. The van der Waals surface area contributed by atoms with Gasteiger partial charge in [0.05, 0.1) is 22.6 Å². The number of likely N-dealkylation sites (tertiary alicyclic amines) is 1. The molecule has 254 valence electrons. The molecule has 4 aliphatic heterocycles. The molecule has 1 aromatic carbocycles. The van der Waals surface area contributed by atoms with Gasteiger partial charge in [-0.05, 0) is 121 Å². The molecule has 2 aromatic heterocycles. The minimum absolute atomic E-state index is 0.0898. The zero-order valence-electron chi connectivity index (χ0n) is 28.4. The molecule has 47 heavy (non-hydrogen) atoms. The third kappa shape index (κ3) is 6.54. The van der Waals surface area contributed by atoms with Crippen molar-refractivity contribution < 1.29 is 18.0 Å². The summed E-state index contributed by atoms with van der Waals surface area (Å²) in [4.78, 5) is 39.5. The van der Waals surface area contributed by atoms with Gasteiger partial charge in [0.15, 0.2) is 9.84 Å². The third-order valence-corrected chi connectivity index (χ3v) is 14.5. The average molecular weight is 679 g/mol. The Morgan fingerprint density at radius 2 is 1.51 bits per heavy atom. The predicted molar refractivity (Wildman–Crippen MR) is 190 cm³/mol. The second-order valence-corrected chi connectivity index (χ2v) is 18.6. The van der Waals surface area contributed by atoms with Crippen LogP contribution in [0.15, 0.2) is 24.3 Å². The number of carbonyl (C=O) groups is 2. The number of aromatic nitrogens is 1. The van der Waals surface area contributed by atoms with Crippen molar-refractivity contribution in [2.45, 2.75) is 96.6 Å². The predicted octanol–water partition coefficient (Wildman–Crippen LogP) is 5.85. The molecule has 10 heteroatoms. The van der Waals surface area contributed by atoms with E-state index in [1.54, 1.807) is 16.2 Å². The van der Waals surface area contributed by atoms with Gasteiger partial charge in [0.1, 0.15) is 4.83 Å².